The molecule has 2 atom stereocenters. The van der Waals surface area contributed by atoms with Crippen LogP contribution >= 0.6 is 0 Å². The van der Waals surface area contributed by atoms with E-state index in [-0.39, 0.29) is 6.04 Å². The summed E-state index contributed by atoms with van der Waals surface area (Å²) in [7, 11) is 0. The van der Waals surface area contributed by atoms with Crippen LogP contribution in [0.2, 0.25) is 0 Å². The molecule has 0 radical (unpaired) electrons. The third kappa shape index (κ3) is 1.85. The average molecular weight is 200 g/mol. The van der Waals surface area contributed by atoms with Crippen molar-refractivity contribution in [1.82, 2.24) is 4.98 Å². The summed E-state index contributed by atoms with van der Waals surface area (Å²) >= 11 is 0. The standard InChI is InChI=1S/C13H16N2/c1-9(10(2)14)11-7-8-15-13-6-4-3-5-12(11)13/h3-10H,14H2,1-2H3. The van der Waals surface area contributed by atoms with Crippen LogP contribution in [0.15, 0.2) is 36.5 Å². The number of rotatable bonds is 2. The largest absolute Gasteiger partial charge is 0.327 e. The molecule has 1 aromatic carbocycles. The van der Waals surface area contributed by atoms with Gasteiger partial charge in [0.2, 0.25) is 0 Å². The van der Waals surface area contributed by atoms with E-state index in [9.17, 15) is 0 Å². The first-order chi connectivity index (χ1) is 7.20. The maximum Gasteiger partial charge on any atom is 0.0704 e. The molecule has 2 unspecified atom stereocenters. The van der Waals surface area contributed by atoms with Crippen LogP contribution in [0.25, 0.3) is 10.9 Å². The van der Waals surface area contributed by atoms with E-state index in [4.69, 9.17) is 5.73 Å². The number of nitrogens with zero attached hydrogens (tertiary/aromatic N) is 1. The third-order valence-electron chi connectivity index (χ3n) is 2.96. The van der Waals surface area contributed by atoms with Crippen LogP contribution in [-0.2, 0) is 0 Å². The zero-order valence-corrected chi connectivity index (χ0v) is 9.14. The molecule has 0 bridgehead atoms. The smallest absolute Gasteiger partial charge is 0.0704 e. The lowest BCUT2D eigenvalue weighted by molar-refractivity contribution is 0.616. The Morgan fingerprint density at radius 3 is 2.60 bits per heavy atom. The average Bonchev–Trinajstić information content (AvgIpc) is 2.27. The van der Waals surface area contributed by atoms with Gasteiger partial charge in [0.15, 0.2) is 0 Å². The van der Waals surface area contributed by atoms with E-state index in [1.807, 2.05) is 31.3 Å². The normalized spacial score (nSPS) is 15.1. The predicted molar refractivity (Wildman–Crippen MR) is 63.8 cm³/mol. The minimum absolute atomic E-state index is 0.163. The van der Waals surface area contributed by atoms with Crippen molar-refractivity contribution >= 4 is 10.9 Å². The van der Waals surface area contributed by atoms with E-state index in [0.717, 1.165) is 5.52 Å². The topological polar surface area (TPSA) is 38.9 Å². The maximum absolute atomic E-state index is 5.94. The number of hydrogen-bond acceptors (Lipinski definition) is 2. The number of para-hydroxylation sites is 1. The lowest BCUT2D eigenvalue weighted by atomic mass is 9.92. The molecule has 0 amide bonds. The Hall–Kier alpha value is -1.41. The SMILES string of the molecule is CC(N)C(C)c1ccnc2ccccc12. The van der Waals surface area contributed by atoms with Gasteiger partial charge in [0.25, 0.3) is 0 Å². The first kappa shape index (κ1) is 10.1. The summed E-state index contributed by atoms with van der Waals surface area (Å²) in [5.41, 5.74) is 8.27. The van der Waals surface area contributed by atoms with Crippen LogP contribution in [0.4, 0.5) is 0 Å². The van der Waals surface area contributed by atoms with Crippen molar-refractivity contribution in [3.63, 3.8) is 0 Å². The van der Waals surface area contributed by atoms with Crippen LogP contribution in [0, 0.1) is 0 Å². The Balaban J connectivity index is 2.60. The van der Waals surface area contributed by atoms with Gasteiger partial charge in [-0.15, -0.1) is 0 Å². The van der Waals surface area contributed by atoms with Crippen LogP contribution in [0.3, 0.4) is 0 Å². The fourth-order valence-corrected chi connectivity index (χ4v) is 1.80. The van der Waals surface area contributed by atoms with Crippen molar-refractivity contribution in [2.75, 3.05) is 0 Å². The van der Waals surface area contributed by atoms with Crippen molar-refractivity contribution in [2.45, 2.75) is 25.8 Å². The van der Waals surface area contributed by atoms with Gasteiger partial charge in [0, 0.05) is 17.6 Å². The van der Waals surface area contributed by atoms with E-state index in [0.29, 0.717) is 5.92 Å². The molecule has 1 heterocycles. The van der Waals surface area contributed by atoms with Crippen LogP contribution in [-0.4, -0.2) is 11.0 Å². The molecule has 0 aliphatic heterocycles. The Kier molecular flexibility index (Phi) is 2.69. The zero-order chi connectivity index (χ0) is 10.8. The second-order valence-corrected chi connectivity index (χ2v) is 4.07. The van der Waals surface area contributed by atoms with E-state index in [2.05, 4.69) is 24.0 Å². The number of aromatic nitrogens is 1. The van der Waals surface area contributed by atoms with Gasteiger partial charge in [0.1, 0.15) is 0 Å². The second kappa shape index (κ2) is 3.99. The summed E-state index contributed by atoms with van der Waals surface area (Å²) in [5, 5.41) is 1.21. The quantitative estimate of drug-likeness (QED) is 0.809. The number of hydrogen-bond donors (Lipinski definition) is 1. The summed E-state index contributed by atoms with van der Waals surface area (Å²) in [6.07, 6.45) is 1.86. The van der Waals surface area contributed by atoms with Gasteiger partial charge >= 0.3 is 0 Å². The first-order valence-corrected chi connectivity index (χ1v) is 5.29. The molecule has 0 saturated heterocycles. The molecule has 1 aromatic heterocycles. The first-order valence-electron chi connectivity index (χ1n) is 5.29. The van der Waals surface area contributed by atoms with E-state index in [1.54, 1.807) is 0 Å². The molecule has 2 N–H and O–H groups in total. The Morgan fingerprint density at radius 2 is 1.87 bits per heavy atom. The molecule has 0 aliphatic carbocycles. The minimum atomic E-state index is 0.163. The highest BCUT2D eigenvalue weighted by molar-refractivity contribution is 5.82. The summed E-state index contributed by atoms with van der Waals surface area (Å²) in [6, 6.07) is 10.4. The summed E-state index contributed by atoms with van der Waals surface area (Å²) in [4.78, 5) is 4.34. The summed E-state index contributed by atoms with van der Waals surface area (Å²) in [6.45, 7) is 4.20. The number of nitrogens with two attached hydrogens (primary N) is 1. The highest BCUT2D eigenvalue weighted by Crippen LogP contribution is 2.25. The van der Waals surface area contributed by atoms with Crippen LogP contribution in [0.5, 0.6) is 0 Å². The van der Waals surface area contributed by atoms with Crippen molar-refractivity contribution in [2.24, 2.45) is 5.73 Å². The lowest BCUT2D eigenvalue weighted by Crippen LogP contribution is -2.22. The fourth-order valence-electron chi connectivity index (χ4n) is 1.80. The molecule has 0 aliphatic rings. The molecular weight excluding hydrogens is 184 g/mol. The fraction of sp³-hybridized carbons (Fsp3) is 0.308. The Bertz CT molecular complexity index is 458. The highest BCUT2D eigenvalue weighted by atomic mass is 14.7. The zero-order valence-electron chi connectivity index (χ0n) is 9.14. The van der Waals surface area contributed by atoms with Crippen molar-refractivity contribution < 1.29 is 0 Å². The molecule has 78 valence electrons. The summed E-state index contributed by atoms with van der Waals surface area (Å²) < 4.78 is 0. The molecule has 0 fully saturated rings. The van der Waals surface area contributed by atoms with Crippen molar-refractivity contribution in [1.29, 1.82) is 0 Å². The maximum atomic E-state index is 5.94. The van der Waals surface area contributed by atoms with Gasteiger partial charge in [0.05, 0.1) is 5.52 Å². The number of pyridine rings is 1. The van der Waals surface area contributed by atoms with Crippen molar-refractivity contribution in [3.8, 4) is 0 Å². The molecule has 2 aromatic rings. The Labute approximate surface area is 90.1 Å². The van der Waals surface area contributed by atoms with Crippen molar-refractivity contribution in [3.05, 3.63) is 42.1 Å². The van der Waals surface area contributed by atoms with Crippen LogP contribution in [0.1, 0.15) is 25.3 Å². The lowest BCUT2D eigenvalue weighted by Gasteiger charge is -2.17. The molecule has 0 saturated carbocycles. The molecular formula is C13H16N2. The van der Waals surface area contributed by atoms with Gasteiger partial charge < -0.3 is 5.73 Å². The van der Waals surface area contributed by atoms with E-state index in [1.165, 1.54) is 10.9 Å². The minimum Gasteiger partial charge on any atom is -0.327 e. The Morgan fingerprint density at radius 1 is 1.13 bits per heavy atom. The number of fused-ring (bicyclic) bond motifs is 1. The van der Waals surface area contributed by atoms with Gasteiger partial charge in [-0.25, -0.2) is 0 Å². The summed E-state index contributed by atoms with van der Waals surface area (Å²) in [5.74, 6) is 0.359. The molecule has 2 nitrogen and oxygen atoms in total. The van der Waals surface area contributed by atoms with E-state index < -0.39 is 0 Å². The molecule has 2 rings (SSSR count). The van der Waals surface area contributed by atoms with Gasteiger partial charge in [-0.1, -0.05) is 25.1 Å². The molecule has 0 spiro atoms. The van der Waals surface area contributed by atoms with Crippen LogP contribution < -0.4 is 5.73 Å². The monoisotopic (exact) mass is 200 g/mol. The van der Waals surface area contributed by atoms with E-state index >= 15 is 0 Å². The van der Waals surface area contributed by atoms with Gasteiger partial charge in [-0.2, -0.15) is 0 Å². The predicted octanol–water partition coefficient (Wildman–Crippen LogP) is 2.69. The number of benzene rings is 1. The van der Waals surface area contributed by atoms with Gasteiger partial charge in [-0.3, -0.25) is 4.98 Å². The highest BCUT2D eigenvalue weighted by Gasteiger charge is 2.12. The molecule has 15 heavy (non-hydrogen) atoms. The molecule has 2 heteroatoms. The third-order valence-corrected chi connectivity index (χ3v) is 2.96. The second-order valence-electron chi connectivity index (χ2n) is 4.07. The van der Waals surface area contributed by atoms with Gasteiger partial charge in [-0.05, 0) is 30.5 Å².